The number of piperidine rings is 1. The fourth-order valence-electron chi connectivity index (χ4n) is 6.36. The number of ether oxygens (including phenoxy) is 1. The first kappa shape index (κ1) is 32.2. The van der Waals surface area contributed by atoms with Crippen molar-refractivity contribution in [3.05, 3.63) is 48.1 Å². The predicted molar refractivity (Wildman–Crippen MR) is 192 cm³/mol. The average Bonchev–Trinajstić information content (AvgIpc) is 3.57. The number of rotatable bonds is 9. The molecule has 0 atom stereocenters. The van der Waals surface area contributed by atoms with E-state index in [2.05, 4.69) is 42.3 Å². The van der Waals surface area contributed by atoms with Crippen LogP contribution in [-0.4, -0.2) is 116 Å². The molecule has 252 valence electrons. The second-order valence-electron chi connectivity index (χ2n) is 12.2. The van der Waals surface area contributed by atoms with E-state index in [9.17, 15) is 8.42 Å². The Morgan fingerprint density at radius 2 is 1.65 bits per heavy atom. The van der Waals surface area contributed by atoms with Crippen LogP contribution >= 0.6 is 11.3 Å². The highest BCUT2D eigenvalue weighted by Crippen LogP contribution is 2.38. The van der Waals surface area contributed by atoms with Gasteiger partial charge in [-0.3, -0.25) is 19.2 Å². The van der Waals surface area contributed by atoms with E-state index in [1.165, 1.54) is 22.7 Å². The Bertz CT molecular complexity index is 2040. The molecule has 2 saturated heterocycles. The first-order valence-electron chi connectivity index (χ1n) is 15.9. The number of hydrogen-bond acceptors (Lipinski definition) is 14. The zero-order chi connectivity index (χ0) is 33.4. The third-order valence-electron chi connectivity index (χ3n) is 9.11. The van der Waals surface area contributed by atoms with Gasteiger partial charge in [-0.05, 0) is 55.6 Å². The number of fused-ring (bicyclic) bond motifs is 2. The first-order chi connectivity index (χ1) is 23.2. The van der Waals surface area contributed by atoms with Gasteiger partial charge < -0.3 is 25.2 Å². The molecule has 16 heteroatoms. The highest BCUT2D eigenvalue weighted by atomic mass is 32.2. The van der Waals surface area contributed by atoms with Crippen LogP contribution in [0.4, 0.5) is 34.6 Å². The number of benzene rings is 1. The molecule has 7 rings (SSSR count). The molecule has 0 unspecified atom stereocenters. The Hall–Kier alpha value is -4.38. The van der Waals surface area contributed by atoms with Crippen molar-refractivity contribution in [2.45, 2.75) is 18.9 Å². The maximum atomic E-state index is 12.7. The number of nitrogens with zero attached hydrogens (tertiary/aromatic N) is 9. The number of anilines is 6. The minimum Gasteiger partial charge on any atom is -0.479 e. The number of likely N-dealkylation sites (N-methyl/N-ethyl adjacent to an activating group) is 1. The number of piperazine rings is 1. The van der Waals surface area contributed by atoms with Crippen molar-refractivity contribution in [2.24, 2.45) is 0 Å². The number of sulfonamides is 1. The maximum absolute atomic E-state index is 12.7. The molecule has 2 aliphatic heterocycles. The first-order valence-corrected chi connectivity index (χ1v) is 18.6. The number of hydrogen-bond donors (Lipinski definition) is 2. The van der Waals surface area contributed by atoms with Gasteiger partial charge in [-0.1, -0.05) is 0 Å². The van der Waals surface area contributed by atoms with Crippen molar-refractivity contribution in [3.8, 4) is 5.88 Å². The lowest BCUT2D eigenvalue weighted by atomic mass is 10.0. The molecule has 14 nitrogen and oxygen atoms in total. The molecule has 0 bridgehead atoms. The molecule has 5 aromatic rings. The Morgan fingerprint density at radius 3 is 2.40 bits per heavy atom. The lowest BCUT2D eigenvalue weighted by Crippen LogP contribution is -2.52. The van der Waals surface area contributed by atoms with Gasteiger partial charge in [0.05, 0.1) is 34.8 Å². The molecule has 6 heterocycles. The minimum absolute atomic E-state index is 0.336. The second kappa shape index (κ2) is 13.3. The molecule has 2 aliphatic rings. The summed E-state index contributed by atoms with van der Waals surface area (Å²) in [5.41, 5.74) is 3.26. The lowest BCUT2D eigenvalue weighted by molar-refractivity contribution is 0.0981. The summed E-state index contributed by atoms with van der Waals surface area (Å²) in [5.74, 6) is 2.17. The van der Waals surface area contributed by atoms with Crippen LogP contribution in [0.2, 0.25) is 0 Å². The van der Waals surface area contributed by atoms with Gasteiger partial charge >= 0.3 is 0 Å². The number of methoxy groups -OCH3 is 1. The molecule has 0 amide bonds. The van der Waals surface area contributed by atoms with Crippen molar-refractivity contribution >= 4 is 77.3 Å². The Morgan fingerprint density at radius 1 is 0.896 bits per heavy atom. The van der Waals surface area contributed by atoms with Gasteiger partial charge in [-0.2, -0.15) is 9.97 Å². The summed E-state index contributed by atoms with van der Waals surface area (Å²) in [4.78, 5) is 30.6. The Balaban J connectivity index is 1.14. The fraction of sp³-hybridized carbons (Fsp3) is 0.406. The molecular formula is C32H39N11O3S2. The monoisotopic (exact) mass is 689 g/mol. The summed E-state index contributed by atoms with van der Waals surface area (Å²) in [6.07, 6.45) is 6.50. The highest BCUT2D eigenvalue weighted by molar-refractivity contribution is 7.92. The van der Waals surface area contributed by atoms with Gasteiger partial charge in [0.1, 0.15) is 22.7 Å². The Labute approximate surface area is 283 Å². The lowest BCUT2D eigenvalue weighted by Gasteiger charge is -2.42. The molecule has 1 aromatic carbocycles. The van der Waals surface area contributed by atoms with Crippen molar-refractivity contribution in [2.75, 3.05) is 86.6 Å². The van der Waals surface area contributed by atoms with Gasteiger partial charge in [0.15, 0.2) is 5.82 Å². The van der Waals surface area contributed by atoms with E-state index in [-0.39, 0.29) is 0 Å². The van der Waals surface area contributed by atoms with Crippen LogP contribution in [0.1, 0.15) is 12.8 Å². The van der Waals surface area contributed by atoms with Crippen LogP contribution in [0.5, 0.6) is 5.88 Å². The van der Waals surface area contributed by atoms with Gasteiger partial charge in [0.2, 0.25) is 21.9 Å². The third kappa shape index (κ3) is 6.52. The van der Waals surface area contributed by atoms with E-state index in [4.69, 9.17) is 19.7 Å². The molecular weight excluding hydrogens is 651 g/mol. The van der Waals surface area contributed by atoms with E-state index in [1.807, 2.05) is 23.6 Å². The largest absolute Gasteiger partial charge is 0.479 e. The second-order valence-corrected chi connectivity index (χ2v) is 15.1. The zero-order valence-corrected chi connectivity index (χ0v) is 29.1. The summed E-state index contributed by atoms with van der Waals surface area (Å²) in [6.45, 7) is 6.44. The van der Waals surface area contributed by atoms with Crippen LogP contribution in [0.3, 0.4) is 0 Å². The van der Waals surface area contributed by atoms with Gasteiger partial charge in [0.25, 0.3) is 0 Å². The normalized spacial score (nSPS) is 16.8. The molecule has 0 spiro atoms. The van der Waals surface area contributed by atoms with E-state index in [0.29, 0.717) is 51.8 Å². The molecule has 4 aromatic heterocycles. The number of nitrogens with one attached hydrogen (secondary N) is 2. The molecule has 2 N–H and O–H groups in total. The highest BCUT2D eigenvalue weighted by Gasteiger charge is 2.28. The van der Waals surface area contributed by atoms with Crippen LogP contribution in [-0.2, 0) is 10.0 Å². The van der Waals surface area contributed by atoms with Crippen molar-refractivity contribution < 1.29 is 13.2 Å². The summed E-state index contributed by atoms with van der Waals surface area (Å²) >= 11 is 1.48. The maximum Gasteiger partial charge on any atom is 0.239 e. The van der Waals surface area contributed by atoms with E-state index in [1.54, 1.807) is 31.6 Å². The summed E-state index contributed by atoms with van der Waals surface area (Å²) < 4.78 is 33.1. The standard InChI is InChI=1S/C32H39N11O3S2/c1-40-16-18-42(19-17-40)21-9-14-43(15-10-21)26-8-7-25(31(38-26)46-3)37-32-36-24-11-20-47-29(24)30(39-32)35-23-6-5-22-27(34-13-12-33-22)28(23)41(2)48(4,44)45/h5-8,11-13,20-21H,9-10,14-19H2,1-4H3,(H2,35,36,37,39). The number of pyridine rings is 1. The van der Waals surface area contributed by atoms with Crippen molar-refractivity contribution in [1.82, 2.24) is 34.7 Å². The molecule has 0 aliphatic carbocycles. The van der Waals surface area contributed by atoms with Crippen molar-refractivity contribution in [3.63, 3.8) is 0 Å². The van der Waals surface area contributed by atoms with E-state index >= 15 is 0 Å². The van der Waals surface area contributed by atoms with Crippen LogP contribution in [0.15, 0.2) is 48.1 Å². The molecule has 0 radical (unpaired) electrons. The van der Waals surface area contributed by atoms with Gasteiger partial charge in [-0.15, -0.1) is 11.3 Å². The zero-order valence-electron chi connectivity index (χ0n) is 27.4. The summed E-state index contributed by atoms with van der Waals surface area (Å²) in [7, 11) is 1.68. The van der Waals surface area contributed by atoms with Crippen molar-refractivity contribution in [1.29, 1.82) is 0 Å². The predicted octanol–water partition coefficient (Wildman–Crippen LogP) is 4.14. The van der Waals surface area contributed by atoms with Gasteiger partial charge in [0, 0.05) is 64.8 Å². The molecule has 48 heavy (non-hydrogen) atoms. The molecule has 0 saturated carbocycles. The van der Waals surface area contributed by atoms with Crippen LogP contribution in [0, 0.1) is 0 Å². The summed E-state index contributed by atoms with van der Waals surface area (Å²) in [5, 5.41) is 8.61. The third-order valence-corrected chi connectivity index (χ3v) is 11.2. The SMILES string of the molecule is COc1nc(N2CCC(N3CCN(C)CC3)CC2)ccc1Nc1nc(Nc2ccc3nccnc3c2N(C)S(C)(=O)=O)c2sccc2n1. The number of thiophene rings is 1. The fourth-order valence-corrected chi connectivity index (χ4v) is 7.66. The molecule has 2 fully saturated rings. The van der Waals surface area contributed by atoms with E-state index in [0.717, 1.165) is 74.4 Å². The quantitative estimate of drug-likeness (QED) is 0.229. The van der Waals surface area contributed by atoms with Crippen LogP contribution < -0.4 is 24.6 Å². The Kier molecular flexibility index (Phi) is 8.89. The van der Waals surface area contributed by atoms with E-state index < -0.39 is 10.0 Å². The van der Waals surface area contributed by atoms with Gasteiger partial charge in [-0.25, -0.2) is 13.4 Å². The minimum atomic E-state index is -3.62. The smallest absolute Gasteiger partial charge is 0.239 e. The van der Waals surface area contributed by atoms with Crippen LogP contribution in [0.25, 0.3) is 21.3 Å². The summed E-state index contributed by atoms with van der Waals surface area (Å²) in [6, 6.07) is 10.1. The number of aromatic nitrogens is 5. The topological polar surface area (TPSA) is 145 Å². The average molecular weight is 690 g/mol.